The van der Waals surface area contributed by atoms with Crippen LogP contribution in [0.15, 0.2) is 36.5 Å². The number of halogens is 1. The summed E-state index contributed by atoms with van der Waals surface area (Å²) in [4.78, 5) is 16.9. The highest BCUT2D eigenvalue weighted by molar-refractivity contribution is 6.33. The lowest BCUT2D eigenvalue weighted by Crippen LogP contribution is -2.37. The fourth-order valence-electron chi connectivity index (χ4n) is 4.04. The Morgan fingerprint density at radius 2 is 2.10 bits per heavy atom. The van der Waals surface area contributed by atoms with Crippen molar-refractivity contribution in [2.24, 2.45) is 11.8 Å². The summed E-state index contributed by atoms with van der Waals surface area (Å²) in [6.07, 6.45) is 5.73. The van der Waals surface area contributed by atoms with Gasteiger partial charge in [-0.15, -0.1) is 0 Å². The molecule has 2 fully saturated rings. The van der Waals surface area contributed by atoms with Crippen molar-refractivity contribution in [3.05, 3.63) is 41.6 Å². The van der Waals surface area contributed by atoms with Gasteiger partial charge in [0.2, 0.25) is 5.91 Å². The van der Waals surface area contributed by atoms with E-state index in [1.54, 1.807) is 6.20 Å². The zero-order chi connectivity index (χ0) is 20.8. The molecular weight excluding hydrogens is 400 g/mol. The average Bonchev–Trinajstić information content (AvgIpc) is 2.80. The highest BCUT2D eigenvalue weighted by Crippen LogP contribution is 2.31. The Bertz CT molecular complexity index is 864. The first-order valence-corrected chi connectivity index (χ1v) is 11.2. The number of hydrogen-bond acceptors (Lipinski definition) is 5. The van der Waals surface area contributed by atoms with Gasteiger partial charge in [-0.3, -0.25) is 4.79 Å². The molecular formula is C23H29ClN4O2. The van der Waals surface area contributed by atoms with Crippen molar-refractivity contribution < 1.29 is 9.53 Å². The van der Waals surface area contributed by atoms with Crippen molar-refractivity contribution in [3.63, 3.8) is 0 Å². The molecule has 1 aromatic carbocycles. The molecule has 3 N–H and O–H groups in total. The summed E-state index contributed by atoms with van der Waals surface area (Å²) in [7, 11) is 0. The minimum atomic E-state index is -0.0163. The van der Waals surface area contributed by atoms with Crippen molar-refractivity contribution in [1.29, 1.82) is 0 Å². The van der Waals surface area contributed by atoms with E-state index >= 15 is 0 Å². The molecule has 2 saturated heterocycles. The highest BCUT2D eigenvalue weighted by Gasteiger charge is 2.21. The van der Waals surface area contributed by atoms with E-state index in [1.165, 1.54) is 0 Å². The van der Waals surface area contributed by atoms with Crippen LogP contribution in [-0.2, 0) is 9.53 Å². The van der Waals surface area contributed by atoms with E-state index in [2.05, 4.69) is 33.1 Å². The van der Waals surface area contributed by atoms with Gasteiger partial charge in [0.1, 0.15) is 5.82 Å². The number of benzene rings is 1. The van der Waals surface area contributed by atoms with Gasteiger partial charge in [-0.1, -0.05) is 23.7 Å². The number of nitrogens with one attached hydrogen (secondary N) is 3. The van der Waals surface area contributed by atoms with Gasteiger partial charge >= 0.3 is 0 Å². The van der Waals surface area contributed by atoms with Crippen LogP contribution in [0.25, 0.3) is 11.1 Å². The van der Waals surface area contributed by atoms with Crippen LogP contribution >= 0.6 is 11.6 Å². The fourth-order valence-corrected chi connectivity index (χ4v) is 4.25. The maximum absolute atomic E-state index is 12.5. The molecule has 0 bridgehead atoms. The third kappa shape index (κ3) is 5.50. The SMILES string of the molecule is O=C(Nc1cc(-c2cccc(NCC3CCOCC3)c2)c(Cl)cn1)[C@@H]1CCCNC1. The molecule has 1 atom stereocenters. The lowest BCUT2D eigenvalue weighted by atomic mass is 9.99. The number of anilines is 2. The number of amides is 1. The summed E-state index contributed by atoms with van der Waals surface area (Å²) in [5.41, 5.74) is 2.92. The Balaban J connectivity index is 1.45. The van der Waals surface area contributed by atoms with Crippen LogP contribution in [0.2, 0.25) is 5.02 Å². The number of carbonyl (C=O) groups is 1. The highest BCUT2D eigenvalue weighted by atomic mass is 35.5. The van der Waals surface area contributed by atoms with Crippen LogP contribution in [0.4, 0.5) is 11.5 Å². The third-order valence-corrected chi connectivity index (χ3v) is 6.18. The van der Waals surface area contributed by atoms with E-state index < -0.39 is 0 Å². The van der Waals surface area contributed by atoms with Gasteiger partial charge in [-0.2, -0.15) is 0 Å². The monoisotopic (exact) mass is 428 g/mol. The Morgan fingerprint density at radius 1 is 1.23 bits per heavy atom. The van der Waals surface area contributed by atoms with Gasteiger partial charge in [-0.25, -0.2) is 4.98 Å². The molecule has 2 aromatic rings. The molecule has 2 aliphatic heterocycles. The topological polar surface area (TPSA) is 75.3 Å². The summed E-state index contributed by atoms with van der Waals surface area (Å²) in [6.45, 7) is 4.33. The Morgan fingerprint density at radius 3 is 2.90 bits per heavy atom. The Hall–Kier alpha value is -2.15. The third-order valence-electron chi connectivity index (χ3n) is 5.88. The summed E-state index contributed by atoms with van der Waals surface area (Å²) in [5.74, 6) is 1.17. The standard InChI is InChI=1S/C23H29ClN4O2/c24-21-15-27-22(28-23(29)18-4-2-8-25-14-18)12-20(21)17-3-1-5-19(11-17)26-13-16-6-9-30-10-7-16/h1,3,5,11-12,15-16,18,25-26H,2,4,6-10,13-14H2,(H,27,28,29)/t18-/m1/s1. The number of piperidine rings is 1. The van der Waals surface area contributed by atoms with Crippen LogP contribution < -0.4 is 16.0 Å². The average molecular weight is 429 g/mol. The lowest BCUT2D eigenvalue weighted by Gasteiger charge is -2.23. The molecule has 0 aliphatic carbocycles. The molecule has 2 aliphatic rings. The molecule has 4 rings (SSSR count). The number of aromatic nitrogens is 1. The van der Waals surface area contributed by atoms with Crippen LogP contribution in [-0.4, -0.2) is 43.7 Å². The van der Waals surface area contributed by atoms with Crippen LogP contribution in [0.5, 0.6) is 0 Å². The molecule has 1 amide bonds. The zero-order valence-corrected chi connectivity index (χ0v) is 17.9. The number of pyridine rings is 1. The van der Waals surface area contributed by atoms with E-state index in [0.717, 1.165) is 68.8 Å². The maximum Gasteiger partial charge on any atom is 0.229 e. The first-order chi connectivity index (χ1) is 14.7. The quantitative estimate of drug-likeness (QED) is 0.643. The molecule has 1 aromatic heterocycles. The predicted octanol–water partition coefficient (Wildman–Crippen LogP) is 4.18. The second kappa shape index (κ2) is 10.2. The normalized spacial score (nSPS) is 20.0. The van der Waals surface area contributed by atoms with E-state index in [4.69, 9.17) is 16.3 Å². The minimum absolute atomic E-state index is 0.00912. The Labute approximate surface area is 182 Å². The van der Waals surface area contributed by atoms with E-state index in [0.29, 0.717) is 23.3 Å². The summed E-state index contributed by atoms with van der Waals surface area (Å²) in [5, 5.41) is 10.3. The van der Waals surface area contributed by atoms with Crippen molar-refractivity contribution in [1.82, 2.24) is 10.3 Å². The molecule has 0 unspecified atom stereocenters. The van der Waals surface area contributed by atoms with Gasteiger partial charge in [0.25, 0.3) is 0 Å². The molecule has 30 heavy (non-hydrogen) atoms. The van der Waals surface area contributed by atoms with Gasteiger partial charge in [-0.05, 0) is 61.9 Å². The van der Waals surface area contributed by atoms with Gasteiger partial charge in [0.15, 0.2) is 0 Å². The molecule has 0 radical (unpaired) electrons. The van der Waals surface area contributed by atoms with Crippen molar-refractivity contribution in [3.8, 4) is 11.1 Å². The molecule has 6 nitrogen and oxygen atoms in total. The number of hydrogen-bond donors (Lipinski definition) is 3. The van der Waals surface area contributed by atoms with Crippen molar-refractivity contribution >= 4 is 29.0 Å². The minimum Gasteiger partial charge on any atom is -0.385 e. The van der Waals surface area contributed by atoms with E-state index in [9.17, 15) is 4.79 Å². The zero-order valence-electron chi connectivity index (χ0n) is 17.1. The molecule has 160 valence electrons. The molecule has 3 heterocycles. The smallest absolute Gasteiger partial charge is 0.229 e. The number of rotatable bonds is 6. The van der Waals surface area contributed by atoms with Crippen molar-refractivity contribution in [2.45, 2.75) is 25.7 Å². The number of ether oxygens (including phenoxy) is 1. The first-order valence-electron chi connectivity index (χ1n) is 10.8. The second-order valence-electron chi connectivity index (χ2n) is 8.10. The van der Waals surface area contributed by atoms with E-state index in [1.807, 2.05) is 18.2 Å². The maximum atomic E-state index is 12.5. The largest absolute Gasteiger partial charge is 0.385 e. The first kappa shape index (κ1) is 21.1. The van der Waals surface area contributed by atoms with E-state index in [-0.39, 0.29) is 11.8 Å². The van der Waals surface area contributed by atoms with Gasteiger partial charge in [0, 0.05) is 43.8 Å². The van der Waals surface area contributed by atoms with Gasteiger partial charge < -0.3 is 20.7 Å². The second-order valence-corrected chi connectivity index (χ2v) is 8.51. The molecule has 7 heteroatoms. The van der Waals surface area contributed by atoms with Crippen LogP contribution in [0, 0.1) is 11.8 Å². The summed E-state index contributed by atoms with van der Waals surface area (Å²) in [6, 6.07) is 10.1. The number of nitrogens with zero attached hydrogens (tertiary/aromatic N) is 1. The molecule has 0 saturated carbocycles. The predicted molar refractivity (Wildman–Crippen MR) is 121 cm³/mol. The summed E-state index contributed by atoms with van der Waals surface area (Å²) < 4.78 is 5.44. The summed E-state index contributed by atoms with van der Waals surface area (Å²) >= 11 is 6.45. The van der Waals surface area contributed by atoms with Crippen LogP contribution in [0.1, 0.15) is 25.7 Å². The fraction of sp³-hybridized carbons (Fsp3) is 0.478. The lowest BCUT2D eigenvalue weighted by molar-refractivity contribution is -0.120. The van der Waals surface area contributed by atoms with Crippen molar-refractivity contribution in [2.75, 3.05) is 43.5 Å². The van der Waals surface area contributed by atoms with Crippen LogP contribution in [0.3, 0.4) is 0 Å². The Kier molecular flexibility index (Phi) is 7.20. The van der Waals surface area contributed by atoms with Gasteiger partial charge in [0.05, 0.1) is 10.9 Å². The number of carbonyl (C=O) groups excluding carboxylic acids is 1. The molecule has 0 spiro atoms.